The highest BCUT2D eigenvalue weighted by Gasteiger charge is 2.26. The van der Waals surface area contributed by atoms with Crippen LogP contribution in [0.3, 0.4) is 0 Å². The molecule has 3 atom stereocenters. The van der Waals surface area contributed by atoms with Crippen LogP contribution in [0.5, 0.6) is 0 Å². The molecule has 9 heteroatoms. The second-order valence-corrected chi connectivity index (χ2v) is 13.2. The highest BCUT2D eigenvalue weighted by Crippen LogP contribution is 2.43. The van der Waals surface area contributed by atoms with Crippen LogP contribution < -0.4 is 11.1 Å². The molecule has 0 saturated heterocycles. The van der Waals surface area contributed by atoms with E-state index in [2.05, 4.69) is 31.3 Å². The number of unbranched alkanes of at least 4 members (excludes halogenated alkanes) is 18. The fourth-order valence-electron chi connectivity index (χ4n) is 4.85. The third-order valence-electron chi connectivity index (χ3n) is 7.53. The van der Waals surface area contributed by atoms with Gasteiger partial charge in [-0.1, -0.05) is 141 Å². The van der Waals surface area contributed by atoms with Crippen LogP contribution in [0, 0.1) is 0 Å². The van der Waals surface area contributed by atoms with E-state index in [1.165, 1.54) is 96.3 Å². The summed E-state index contributed by atoms with van der Waals surface area (Å²) in [5.41, 5.74) is 5.34. The number of nitrogens with one attached hydrogen (secondary N) is 1. The van der Waals surface area contributed by atoms with Gasteiger partial charge in [-0.15, -0.1) is 0 Å². The number of nitrogens with two attached hydrogens (primary N) is 1. The molecule has 1 amide bonds. The zero-order valence-corrected chi connectivity index (χ0v) is 28.6. The van der Waals surface area contributed by atoms with Gasteiger partial charge in [-0.05, 0) is 32.1 Å². The molecule has 254 valence electrons. The molecule has 8 nitrogen and oxygen atoms in total. The molecule has 43 heavy (non-hydrogen) atoms. The van der Waals surface area contributed by atoms with E-state index in [0.29, 0.717) is 6.42 Å². The maximum absolute atomic E-state index is 12.6. The summed E-state index contributed by atoms with van der Waals surface area (Å²) in [6, 6.07) is -0.869. The topological polar surface area (TPSA) is 131 Å². The number of aliphatic hydroxyl groups excluding tert-OH is 1. The molecule has 0 aromatic carbocycles. The molecule has 0 rings (SSSR count). The van der Waals surface area contributed by atoms with Crippen molar-refractivity contribution in [1.82, 2.24) is 5.32 Å². The van der Waals surface area contributed by atoms with E-state index in [0.717, 1.165) is 38.5 Å². The quantitative estimate of drug-likeness (QED) is 0.0332. The Kier molecular flexibility index (Phi) is 30.2. The molecule has 3 unspecified atom stereocenters. The molecule has 0 aromatic heterocycles. The molecule has 0 aliphatic rings. The van der Waals surface area contributed by atoms with Gasteiger partial charge >= 0.3 is 7.82 Å². The maximum atomic E-state index is 12.6. The number of amides is 1. The summed E-state index contributed by atoms with van der Waals surface area (Å²) in [6.45, 7) is 4.07. The van der Waals surface area contributed by atoms with Crippen molar-refractivity contribution in [2.75, 3.05) is 19.8 Å². The lowest BCUT2D eigenvalue weighted by Crippen LogP contribution is -2.45. The lowest BCUT2D eigenvalue weighted by atomic mass is 10.0. The van der Waals surface area contributed by atoms with E-state index in [1.54, 1.807) is 6.08 Å². The summed E-state index contributed by atoms with van der Waals surface area (Å²) in [7, 11) is -4.33. The van der Waals surface area contributed by atoms with Crippen LogP contribution in [0.2, 0.25) is 0 Å². The van der Waals surface area contributed by atoms with Crippen molar-refractivity contribution in [3.05, 3.63) is 24.3 Å². The Balaban J connectivity index is 4.44. The van der Waals surface area contributed by atoms with E-state index in [1.807, 2.05) is 6.08 Å². The molecule has 0 fully saturated rings. The van der Waals surface area contributed by atoms with Crippen molar-refractivity contribution in [2.24, 2.45) is 5.73 Å². The molecule has 0 radical (unpaired) electrons. The number of carbonyl (C=O) groups is 1. The number of hydrogen-bond acceptors (Lipinski definition) is 6. The summed E-state index contributed by atoms with van der Waals surface area (Å²) < 4.78 is 21.9. The fourth-order valence-corrected chi connectivity index (χ4v) is 5.61. The highest BCUT2D eigenvalue weighted by atomic mass is 31.2. The van der Waals surface area contributed by atoms with Gasteiger partial charge in [-0.2, -0.15) is 0 Å². The smallest absolute Gasteiger partial charge is 0.387 e. The van der Waals surface area contributed by atoms with E-state index in [9.17, 15) is 19.4 Å². The third kappa shape index (κ3) is 29.5. The molecule has 0 aliphatic carbocycles. The van der Waals surface area contributed by atoms with Crippen LogP contribution in [0.4, 0.5) is 0 Å². The first-order valence-electron chi connectivity index (χ1n) is 17.5. The highest BCUT2D eigenvalue weighted by molar-refractivity contribution is 7.47. The minimum Gasteiger partial charge on any atom is -0.387 e. The van der Waals surface area contributed by atoms with Crippen LogP contribution in [0.1, 0.15) is 155 Å². The monoisotopic (exact) mass is 630 g/mol. The van der Waals surface area contributed by atoms with Crippen LogP contribution in [0.15, 0.2) is 24.3 Å². The molecule has 0 saturated carbocycles. The van der Waals surface area contributed by atoms with Crippen molar-refractivity contribution in [3.8, 4) is 0 Å². The number of rotatable bonds is 32. The van der Waals surface area contributed by atoms with Crippen molar-refractivity contribution < 1.29 is 28.4 Å². The van der Waals surface area contributed by atoms with E-state index in [-0.39, 0.29) is 25.7 Å². The van der Waals surface area contributed by atoms with Crippen molar-refractivity contribution >= 4 is 13.7 Å². The van der Waals surface area contributed by atoms with E-state index in [4.69, 9.17) is 14.8 Å². The summed E-state index contributed by atoms with van der Waals surface area (Å²) in [5, 5.41) is 13.5. The van der Waals surface area contributed by atoms with Crippen molar-refractivity contribution in [1.29, 1.82) is 0 Å². The number of phosphoric acid groups is 1. The Bertz CT molecular complexity index is 734. The lowest BCUT2D eigenvalue weighted by molar-refractivity contribution is -0.123. The fraction of sp³-hybridized carbons (Fsp3) is 0.853. The van der Waals surface area contributed by atoms with Gasteiger partial charge in [0.25, 0.3) is 0 Å². The largest absolute Gasteiger partial charge is 0.472 e. The second kappa shape index (κ2) is 31.0. The molecule has 0 spiro atoms. The minimum absolute atomic E-state index is 0.0753. The van der Waals surface area contributed by atoms with Gasteiger partial charge in [0.15, 0.2) is 0 Å². The number of hydrogen-bond donors (Lipinski definition) is 4. The number of carbonyl (C=O) groups excluding carboxylic acids is 1. The van der Waals surface area contributed by atoms with Crippen LogP contribution in [-0.4, -0.2) is 47.8 Å². The van der Waals surface area contributed by atoms with Gasteiger partial charge in [-0.25, -0.2) is 4.57 Å². The van der Waals surface area contributed by atoms with Gasteiger partial charge in [0.05, 0.1) is 25.4 Å². The van der Waals surface area contributed by atoms with E-state index < -0.39 is 20.0 Å². The van der Waals surface area contributed by atoms with E-state index >= 15 is 0 Å². The zero-order valence-electron chi connectivity index (χ0n) is 27.7. The Morgan fingerprint density at radius 1 is 0.744 bits per heavy atom. The van der Waals surface area contributed by atoms with Gasteiger partial charge < -0.3 is 21.1 Å². The average molecular weight is 631 g/mol. The van der Waals surface area contributed by atoms with Crippen LogP contribution in [0.25, 0.3) is 0 Å². The average Bonchev–Trinajstić information content (AvgIpc) is 2.99. The van der Waals surface area contributed by atoms with Gasteiger partial charge in [-0.3, -0.25) is 13.8 Å². The standard InChI is InChI=1S/C34H67N2O6P/c1-3-5-7-9-11-13-15-16-18-19-21-23-25-27-33(37)32(31-42-43(39,40)41-30-29-35)36-34(38)28-26-24-22-20-17-14-12-10-8-6-4-2/h18-19,25,27,32-33,37H,3-17,20-24,26,28-31,35H2,1-2H3,(H,36,38)(H,39,40)/b19-18+,27-25+. The summed E-state index contributed by atoms with van der Waals surface area (Å²) in [6.07, 6.45) is 32.2. The number of allylic oxidation sites excluding steroid dienone is 3. The summed E-state index contributed by atoms with van der Waals surface area (Å²) in [5.74, 6) is -0.207. The maximum Gasteiger partial charge on any atom is 0.472 e. The predicted molar refractivity (Wildman–Crippen MR) is 180 cm³/mol. The van der Waals surface area contributed by atoms with Gasteiger partial charge in [0.2, 0.25) is 5.91 Å². The van der Waals surface area contributed by atoms with Crippen molar-refractivity contribution in [2.45, 2.75) is 167 Å². The SMILES string of the molecule is CCCCCCCCC/C=C/CC/C=C/C(O)C(COP(=O)(O)OCCN)NC(=O)CCCCCCCCCCCCC. The summed E-state index contributed by atoms with van der Waals surface area (Å²) in [4.78, 5) is 22.5. The van der Waals surface area contributed by atoms with Crippen LogP contribution in [-0.2, 0) is 18.4 Å². The summed E-state index contributed by atoms with van der Waals surface area (Å²) >= 11 is 0. The molecule has 0 aliphatic heterocycles. The third-order valence-corrected chi connectivity index (χ3v) is 8.51. The minimum atomic E-state index is -4.33. The molecule has 5 N–H and O–H groups in total. The van der Waals surface area contributed by atoms with Gasteiger partial charge in [0, 0.05) is 13.0 Å². The van der Waals surface area contributed by atoms with Crippen molar-refractivity contribution in [3.63, 3.8) is 0 Å². The van der Waals surface area contributed by atoms with Gasteiger partial charge in [0.1, 0.15) is 0 Å². The Morgan fingerprint density at radius 3 is 1.79 bits per heavy atom. The number of phosphoric ester groups is 1. The normalized spacial score (nSPS) is 14.8. The Hall–Kier alpha value is -1.02. The predicted octanol–water partition coefficient (Wildman–Crippen LogP) is 8.66. The Morgan fingerprint density at radius 2 is 1.23 bits per heavy atom. The first-order valence-corrected chi connectivity index (χ1v) is 19.0. The molecule has 0 heterocycles. The first kappa shape index (κ1) is 42.0. The molecular weight excluding hydrogens is 563 g/mol. The molecule has 0 bridgehead atoms. The number of aliphatic hydroxyl groups is 1. The lowest BCUT2D eigenvalue weighted by Gasteiger charge is -2.23. The van der Waals surface area contributed by atoms with Crippen LogP contribution >= 0.6 is 7.82 Å². The second-order valence-electron chi connectivity index (χ2n) is 11.7. The molecule has 0 aromatic rings. The first-order chi connectivity index (χ1) is 20.9. The Labute approximate surface area is 264 Å². The zero-order chi connectivity index (χ0) is 31.9. The molecular formula is C34H67N2O6P.